The van der Waals surface area contributed by atoms with Crippen LogP contribution in [0.4, 0.5) is 0 Å². The summed E-state index contributed by atoms with van der Waals surface area (Å²) < 4.78 is 0. The second-order valence-electron chi connectivity index (χ2n) is 11.6. The molecule has 1 aromatic heterocycles. The molecule has 0 atom stereocenters. The number of aryl methyl sites for hydroxylation is 4. The normalized spacial score (nSPS) is 14.1. The molecule has 0 unspecified atom stereocenters. The summed E-state index contributed by atoms with van der Waals surface area (Å²) in [6, 6.07) is 43.2. The van der Waals surface area contributed by atoms with Crippen LogP contribution in [0.25, 0.3) is 33.2 Å². The number of nitrogens with zero attached hydrogens (tertiary/aromatic N) is 1. The molecule has 0 radical (unpaired) electrons. The number of rotatable bonds is 5. The van der Waals surface area contributed by atoms with Crippen molar-refractivity contribution in [3.63, 3.8) is 0 Å². The number of H-pyrrole nitrogens is 1. The zero-order chi connectivity index (χ0) is 29.5. The minimum Gasteiger partial charge on any atom is -0.353 e. The predicted molar refractivity (Wildman–Crippen MR) is 183 cm³/mol. The Hall–Kier alpha value is -5.21. The number of aliphatic imine (C=N–C) groups is 1. The Balaban J connectivity index is 1.59. The number of nitrogens with one attached hydrogen (secondary N) is 1. The van der Waals surface area contributed by atoms with E-state index in [1.807, 2.05) is 0 Å². The largest absolute Gasteiger partial charge is 0.353 e. The van der Waals surface area contributed by atoms with E-state index in [0.717, 1.165) is 50.6 Å². The number of aromatic amines is 1. The van der Waals surface area contributed by atoms with Gasteiger partial charge in [0.05, 0.1) is 22.8 Å². The second-order valence-corrected chi connectivity index (χ2v) is 11.6. The first-order chi connectivity index (χ1) is 21.0. The average molecular weight is 555 g/mol. The lowest BCUT2D eigenvalue weighted by Gasteiger charge is -2.15. The third kappa shape index (κ3) is 4.85. The topological polar surface area (TPSA) is 28.1 Å². The molecule has 0 amide bonds. The maximum atomic E-state index is 5.42. The van der Waals surface area contributed by atoms with Gasteiger partial charge in [-0.2, -0.15) is 0 Å². The molecule has 0 aliphatic carbocycles. The lowest BCUT2D eigenvalue weighted by Crippen LogP contribution is -1.97. The maximum Gasteiger partial charge on any atom is 0.0815 e. The lowest BCUT2D eigenvalue weighted by molar-refractivity contribution is 1.27. The van der Waals surface area contributed by atoms with Gasteiger partial charge in [0.25, 0.3) is 0 Å². The van der Waals surface area contributed by atoms with Crippen LogP contribution in [0.15, 0.2) is 138 Å². The third-order valence-electron chi connectivity index (χ3n) is 8.36. The molecule has 2 heterocycles. The van der Waals surface area contributed by atoms with Crippen molar-refractivity contribution in [2.75, 3.05) is 0 Å². The number of hydrogen-bond donors (Lipinski definition) is 1. The molecule has 5 aromatic carbocycles. The Kier molecular flexibility index (Phi) is 6.75. The Morgan fingerprint density at radius 1 is 0.581 bits per heavy atom. The molecule has 0 spiro atoms. The number of aromatic nitrogens is 1. The fourth-order valence-corrected chi connectivity index (χ4v) is 6.55. The smallest absolute Gasteiger partial charge is 0.0815 e. The molecule has 2 nitrogen and oxygen atoms in total. The molecule has 0 bridgehead atoms. The maximum absolute atomic E-state index is 5.42. The van der Waals surface area contributed by atoms with Crippen molar-refractivity contribution in [3.05, 3.63) is 178 Å². The van der Waals surface area contributed by atoms with E-state index in [0.29, 0.717) is 0 Å². The van der Waals surface area contributed by atoms with Crippen molar-refractivity contribution < 1.29 is 0 Å². The van der Waals surface area contributed by atoms with Crippen LogP contribution in [-0.2, 0) is 0 Å². The summed E-state index contributed by atoms with van der Waals surface area (Å²) in [6.07, 6.45) is 2.25. The molecule has 1 N–H and O–H groups in total. The standard InChI is InChI=1S/C41H34N2/c1-26-14-13-19-32(24-26)38(41-35(30-15-7-5-8-16-30)25-36(42-41)31-17-9-6-10-18-31)40-34-21-12-11-20-33(34)39(43-40)37-28(3)22-27(2)23-29(37)4/h5-25,43H,1-4H3/b41-38-. The van der Waals surface area contributed by atoms with E-state index >= 15 is 0 Å². The highest BCUT2D eigenvalue weighted by Crippen LogP contribution is 2.44. The fourth-order valence-electron chi connectivity index (χ4n) is 6.55. The second kappa shape index (κ2) is 10.9. The zero-order valence-corrected chi connectivity index (χ0v) is 25.1. The van der Waals surface area contributed by atoms with Gasteiger partial charge < -0.3 is 4.98 Å². The number of benzene rings is 5. The molecule has 0 saturated carbocycles. The van der Waals surface area contributed by atoms with E-state index < -0.39 is 0 Å². The molecular formula is C41H34N2. The van der Waals surface area contributed by atoms with Crippen LogP contribution >= 0.6 is 0 Å². The molecule has 1 aliphatic heterocycles. The Labute approximate surface area is 253 Å². The van der Waals surface area contributed by atoms with Gasteiger partial charge in [-0.05, 0) is 56.0 Å². The molecule has 6 aromatic rings. The summed E-state index contributed by atoms with van der Waals surface area (Å²) in [5.41, 5.74) is 16.1. The minimum absolute atomic E-state index is 0.973. The quantitative estimate of drug-likeness (QED) is 0.220. The molecule has 2 heteroatoms. The van der Waals surface area contributed by atoms with Crippen LogP contribution in [0, 0.1) is 27.7 Å². The van der Waals surface area contributed by atoms with Crippen LogP contribution in [0.5, 0.6) is 0 Å². The van der Waals surface area contributed by atoms with Crippen LogP contribution in [0.2, 0.25) is 0 Å². The SMILES string of the molecule is Cc1cccc(/C(=C2/N=C(c3ccccc3)C=C2c2ccccc2)c2[nH]c(-c3c(C)cc(C)cc3C)c3ccccc23)c1. The summed E-state index contributed by atoms with van der Waals surface area (Å²) in [5, 5.41) is 2.41. The number of hydrogen-bond acceptors (Lipinski definition) is 1. The molecule has 43 heavy (non-hydrogen) atoms. The van der Waals surface area contributed by atoms with Crippen LogP contribution in [0.1, 0.15) is 44.6 Å². The van der Waals surface area contributed by atoms with Crippen molar-refractivity contribution in [2.45, 2.75) is 27.7 Å². The van der Waals surface area contributed by atoms with Gasteiger partial charge in [0.15, 0.2) is 0 Å². The van der Waals surface area contributed by atoms with E-state index in [2.05, 4.69) is 160 Å². The van der Waals surface area contributed by atoms with Crippen LogP contribution in [0.3, 0.4) is 0 Å². The Morgan fingerprint density at radius 3 is 1.88 bits per heavy atom. The van der Waals surface area contributed by atoms with E-state index in [9.17, 15) is 0 Å². The summed E-state index contributed by atoms with van der Waals surface area (Å²) in [5.74, 6) is 0. The van der Waals surface area contributed by atoms with Gasteiger partial charge >= 0.3 is 0 Å². The fraction of sp³-hybridized carbons (Fsp3) is 0.0976. The first-order valence-corrected chi connectivity index (χ1v) is 14.9. The van der Waals surface area contributed by atoms with Crippen LogP contribution < -0.4 is 0 Å². The van der Waals surface area contributed by atoms with E-state index in [1.165, 1.54) is 38.6 Å². The molecule has 0 fully saturated rings. The Morgan fingerprint density at radius 2 is 1.21 bits per heavy atom. The third-order valence-corrected chi connectivity index (χ3v) is 8.36. The lowest BCUT2D eigenvalue weighted by atomic mass is 9.92. The van der Waals surface area contributed by atoms with E-state index in [4.69, 9.17) is 4.99 Å². The average Bonchev–Trinajstić information content (AvgIpc) is 3.61. The summed E-state index contributed by atoms with van der Waals surface area (Å²) >= 11 is 0. The van der Waals surface area contributed by atoms with Crippen molar-refractivity contribution in [3.8, 4) is 11.3 Å². The first kappa shape index (κ1) is 26.7. The van der Waals surface area contributed by atoms with E-state index in [-0.39, 0.29) is 0 Å². The van der Waals surface area contributed by atoms with E-state index in [1.54, 1.807) is 0 Å². The number of allylic oxidation sites excluding steroid dienone is 2. The minimum atomic E-state index is 0.973. The highest BCUT2D eigenvalue weighted by molar-refractivity contribution is 6.20. The molecule has 208 valence electrons. The number of fused-ring (bicyclic) bond motifs is 1. The van der Waals surface area contributed by atoms with Crippen molar-refractivity contribution in [1.29, 1.82) is 0 Å². The van der Waals surface area contributed by atoms with Gasteiger partial charge in [-0.1, -0.05) is 132 Å². The summed E-state index contributed by atoms with van der Waals surface area (Å²) in [4.78, 5) is 9.39. The van der Waals surface area contributed by atoms with Gasteiger partial charge in [-0.15, -0.1) is 0 Å². The Bertz CT molecular complexity index is 2060. The van der Waals surface area contributed by atoms with Gasteiger partial charge in [0.2, 0.25) is 0 Å². The molecule has 1 aliphatic rings. The monoisotopic (exact) mass is 554 g/mol. The zero-order valence-electron chi connectivity index (χ0n) is 25.1. The van der Waals surface area contributed by atoms with Gasteiger partial charge in [0, 0.05) is 33.0 Å². The van der Waals surface area contributed by atoms with Crippen molar-refractivity contribution in [2.24, 2.45) is 4.99 Å². The summed E-state index contributed by atoms with van der Waals surface area (Å²) in [6.45, 7) is 8.76. The first-order valence-electron chi connectivity index (χ1n) is 14.9. The summed E-state index contributed by atoms with van der Waals surface area (Å²) in [7, 11) is 0. The van der Waals surface area contributed by atoms with Crippen molar-refractivity contribution in [1.82, 2.24) is 4.98 Å². The van der Waals surface area contributed by atoms with Crippen molar-refractivity contribution >= 4 is 27.6 Å². The van der Waals surface area contributed by atoms with Gasteiger partial charge in [-0.3, -0.25) is 0 Å². The highest BCUT2D eigenvalue weighted by Gasteiger charge is 2.26. The molecule has 0 saturated heterocycles. The predicted octanol–water partition coefficient (Wildman–Crippen LogP) is 10.4. The highest BCUT2D eigenvalue weighted by atomic mass is 14.8. The van der Waals surface area contributed by atoms with Crippen LogP contribution in [-0.4, -0.2) is 10.7 Å². The molecular weight excluding hydrogens is 520 g/mol. The molecule has 7 rings (SSSR count). The van der Waals surface area contributed by atoms with Gasteiger partial charge in [-0.25, -0.2) is 4.99 Å². The van der Waals surface area contributed by atoms with Gasteiger partial charge in [0.1, 0.15) is 0 Å².